The zero-order valence-corrected chi connectivity index (χ0v) is 11.5. The Morgan fingerprint density at radius 3 is 2.47 bits per heavy atom. The molecule has 4 nitrogen and oxygen atoms in total. The highest BCUT2D eigenvalue weighted by Crippen LogP contribution is 2.28. The Morgan fingerprint density at radius 2 is 1.95 bits per heavy atom. The molecule has 0 amide bonds. The van der Waals surface area contributed by atoms with E-state index in [0.717, 1.165) is 51.0 Å². The van der Waals surface area contributed by atoms with Gasteiger partial charge in [0.15, 0.2) is 0 Å². The summed E-state index contributed by atoms with van der Waals surface area (Å²) in [6.07, 6.45) is 0. The van der Waals surface area contributed by atoms with E-state index >= 15 is 0 Å². The van der Waals surface area contributed by atoms with Crippen LogP contribution in [-0.2, 0) is 0 Å². The lowest BCUT2D eigenvalue weighted by atomic mass is 10.1. The van der Waals surface area contributed by atoms with Gasteiger partial charge in [0.2, 0.25) is 0 Å². The summed E-state index contributed by atoms with van der Waals surface area (Å²) in [6, 6.07) is 8.38. The van der Waals surface area contributed by atoms with Crippen LogP contribution in [0.5, 0.6) is 0 Å². The van der Waals surface area contributed by atoms with Gasteiger partial charge >= 0.3 is 0 Å². The summed E-state index contributed by atoms with van der Waals surface area (Å²) in [5.41, 5.74) is 1.67. The van der Waals surface area contributed by atoms with E-state index in [1.807, 2.05) is 12.1 Å². The molecule has 0 unspecified atom stereocenters. The van der Waals surface area contributed by atoms with Gasteiger partial charge in [0.1, 0.15) is 0 Å². The maximum absolute atomic E-state index is 8.86. The van der Waals surface area contributed by atoms with Crippen LogP contribution in [0.2, 0.25) is 5.02 Å². The van der Waals surface area contributed by atoms with Crippen molar-refractivity contribution in [2.45, 2.75) is 6.04 Å². The molecule has 3 rings (SSSR count). The van der Waals surface area contributed by atoms with Crippen molar-refractivity contribution in [3.8, 4) is 6.07 Å². The smallest absolute Gasteiger partial charge is 0.0992 e. The molecule has 0 saturated carbocycles. The first-order valence-electron chi connectivity index (χ1n) is 6.67. The summed E-state index contributed by atoms with van der Waals surface area (Å²) < 4.78 is 0. The minimum absolute atomic E-state index is 0.618. The highest BCUT2D eigenvalue weighted by atomic mass is 35.5. The molecule has 2 heterocycles. The molecule has 0 atom stereocenters. The Hall–Kier alpha value is -1.28. The first-order valence-corrected chi connectivity index (χ1v) is 7.05. The number of benzene rings is 1. The highest BCUT2D eigenvalue weighted by molar-refractivity contribution is 6.33. The molecule has 2 aliphatic heterocycles. The molecule has 0 aromatic heterocycles. The standard InChI is InChI=1S/C14H17ClN4/c15-13-7-11(8-16)1-2-14(13)19-5-3-18(4-6-19)12-9-17-10-12/h1-2,7,12,17H,3-6,9-10H2. The predicted octanol–water partition coefficient (Wildman–Crippen LogP) is 1.31. The zero-order valence-electron chi connectivity index (χ0n) is 10.8. The van der Waals surface area contributed by atoms with E-state index in [1.165, 1.54) is 0 Å². The van der Waals surface area contributed by atoms with Crippen molar-refractivity contribution in [3.05, 3.63) is 28.8 Å². The summed E-state index contributed by atoms with van der Waals surface area (Å²) in [5, 5.41) is 12.9. The van der Waals surface area contributed by atoms with Gasteiger partial charge in [0, 0.05) is 45.3 Å². The lowest BCUT2D eigenvalue weighted by molar-refractivity contribution is 0.138. The number of halogens is 1. The molecule has 19 heavy (non-hydrogen) atoms. The Bertz CT molecular complexity index is 499. The van der Waals surface area contributed by atoms with E-state index in [0.29, 0.717) is 10.6 Å². The van der Waals surface area contributed by atoms with E-state index in [-0.39, 0.29) is 0 Å². The number of nitrogens with one attached hydrogen (secondary N) is 1. The van der Waals surface area contributed by atoms with Crippen LogP contribution in [-0.4, -0.2) is 50.2 Å². The number of piperazine rings is 1. The number of hydrogen-bond donors (Lipinski definition) is 1. The molecule has 1 N–H and O–H groups in total. The Labute approximate surface area is 118 Å². The zero-order chi connectivity index (χ0) is 13.2. The molecule has 2 fully saturated rings. The van der Waals surface area contributed by atoms with E-state index in [1.54, 1.807) is 6.07 Å². The minimum atomic E-state index is 0.618. The van der Waals surface area contributed by atoms with Crippen molar-refractivity contribution >= 4 is 17.3 Å². The lowest BCUT2D eigenvalue weighted by Crippen LogP contribution is -2.61. The van der Waals surface area contributed by atoms with Crippen molar-refractivity contribution in [2.75, 3.05) is 44.2 Å². The third-order valence-electron chi connectivity index (χ3n) is 4.01. The van der Waals surface area contributed by atoms with Crippen molar-refractivity contribution < 1.29 is 0 Å². The normalized spacial score (nSPS) is 20.9. The fraction of sp³-hybridized carbons (Fsp3) is 0.500. The van der Waals surface area contributed by atoms with Gasteiger partial charge in [-0.25, -0.2) is 0 Å². The van der Waals surface area contributed by atoms with E-state index in [2.05, 4.69) is 21.2 Å². The SMILES string of the molecule is N#Cc1ccc(N2CCN(C3CNC3)CC2)c(Cl)c1. The van der Waals surface area contributed by atoms with E-state index in [9.17, 15) is 0 Å². The second-order valence-corrected chi connectivity index (χ2v) is 5.52. The van der Waals surface area contributed by atoms with Gasteiger partial charge in [-0.1, -0.05) is 11.6 Å². The summed E-state index contributed by atoms with van der Waals surface area (Å²) in [6.45, 7) is 6.42. The predicted molar refractivity (Wildman–Crippen MR) is 76.6 cm³/mol. The van der Waals surface area contributed by atoms with Crippen molar-refractivity contribution in [1.29, 1.82) is 5.26 Å². The maximum Gasteiger partial charge on any atom is 0.0992 e. The summed E-state index contributed by atoms with van der Waals surface area (Å²) in [4.78, 5) is 4.86. The van der Waals surface area contributed by atoms with Gasteiger partial charge < -0.3 is 10.2 Å². The average molecular weight is 277 g/mol. The largest absolute Gasteiger partial charge is 0.368 e. The molecule has 1 aromatic rings. The molecule has 100 valence electrons. The van der Waals surface area contributed by atoms with Crippen LogP contribution in [0.3, 0.4) is 0 Å². The number of hydrogen-bond acceptors (Lipinski definition) is 4. The van der Waals surface area contributed by atoms with Gasteiger partial charge in [-0.15, -0.1) is 0 Å². The van der Waals surface area contributed by atoms with E-state index in [4.69, 9.17) is 16.9 Å². The number of anilines is 1. The molecule has 0 aliphatic carbocycles. The molecule has 0 spiro atoms. The maximum atomic E-state index is 8.86. The van der Waals surface area contributed by atoms with Gasteiger partial charge in [-0.05, 0) is 18.2 Å². The first kappa shape index (κ1) is 12.7. The van der Waals surface area contributed by atoms with Crippen LogP contribution in [0, 0.1) is 11.3 Å². The molecule has 0 bridgehead atoms. The van der Waals surface area contributed by atoms with Crippen LogP contribution < -0.4 is 10.2 Å². The molecule has 5 heteroatoms. The summed E-state index contributed by atoms with van der Waals surface area (Å²) in [7, 11) is 0. The number of nitriles is 1. The molecule has 0 radical (unpaired) electrons. The Balaban J connectivity index is 1.66. The fourth-order valence-electron chi connectivity index (χ4n) is 2.69. The van der Waals surface area contributed by atoms with Crippen LogP contribution >= 0.6 is 11.6 Å². The fourth-order valence-corrected chi connectivity index (χ4v) is 2.99. The van der Waals surface area contributed by atoms with Crippen LogP contribution in [0.25, 0.3) is 0 Å². The lowest BCUT2D eigenvalue weighted by Gasteiger charge is -2.44. The van der Waals surface area contributed by atoms with Gasteiger partial charge in [-0.2, -0.15) is 5.26 Å². The average Bonchev–Trinajstić information content (AvgIpc) is 2.38. The quantitative estimate of drug-likeness (QED) is 0.884. The van der Waals surface area contributed by atoms with Crippen molar-refractivity contribution in [1.82, 2.24) is 10.2 Å². The minimum Gasteiger partial charge on any atom is -0.368 e. The monoisotopic (exact) mass is 276 g/mol. The van der Waals surface area contributed by atoms with Crippen LogP contribution in [0.15, 0.2) is 18.2 Å². The third-order valence-corrected chi connectivity index (χ3v) is 4.31. The molecule has 2 saturated heterocycles. The number of rotatable bonds is 2. The number of nitrogens with zero attached hydrogens (tertiary/aromatic N) is 3. The molecular weight excluding hydrogens is 260 g/mol. The molecule has 2 aliphatic rings. The Morgan fingerprint density at radius 1 is 1.21 bits per heavy atom. The van der Waals surface area contributed by atoms with Crippen molar-refractivity contribution in [2.24, 2.45) is 0 Å². The summed E-state index contributed by atoms with van der Waals surface area (Å²) in [5.74, 6) is 0. The topological polar surface area (TPSA) is 42.3 Å². The Kier molecular flexibility index (Phi) is 3.61. The van der Waals surface area contributed by atoms with Gasteiger partial charge in [0.25, 0.3) is 0 Å². The highest BCUT2D eigenvalue weighted by Gasteiger charge is 2.28. The summed E-state index contributed by atoms with van der Waals surface area (Å²) >= 11 is 6.26. The molecular formula is C14H17ClN4. The van der Waals surface area contributed by atoms with Gasteiger partial charge in [0.05, 0.1) is 22.3 Å². The van der Waals surface area contributed by atoms with Gasteiger partial charge in [-0.3, -0.25) is 4.90 Å². The van der Waals surface area contributed by atoms with Crippen LogP contribution in [0.1, 0.15) is 5.56 Å². The third kappa shape index (κ3) is 2.55. The first-order chi connectivity index (χ1) is 9.28. The van der Waals surface area contributed by atoms with Crippen LogP contribution in [0.4, 0.5) is 5.69 Å². The second-order valence-electron chi connectivity index (χ2n) is 5.11. The van der Waals surface area contributed by atoms with E-state index < -0.39 is 0 Å². The van der Waals surface area contributed by atoms with Crippen molar-refractivity contribution in [3.63, 3.8) is 0 Å². The molecule has 1 aromatic carbocycles. The second kappa shape index (κ2) is 5.38.